The molecule has 92 valence electrons. The molecule has 0 bridgehead atoms. The number of ether oxygens (including phenoxy) is 1. The predicted octanol–water partition coefficient (Wildman–Crippen LogP) is 2.73. The van der Waals surface area contributed by atoms with Gasteiger partial charge in [0.15, 0.2) is 0 Å². The normalized spacial score (nSPS) is 16.6. The molecule has 0 heterocycles. The van der Waals surface area contributed by atoms with E-state index in [0.717, 1.165) is 25.7 Å². The van der Waals surface area contributed by atoms with Gasteiger partial charge in [-0.15, -0.1) is 0 Å². The van der Waals surface area contributed by atoms with E-state index in [4.69, 9.17) is 4.74 Å². The largest absolute Gasteiger partial charge is 0.550 e. The average molecular weight is 230 g/mol. The van der Waals surface area contributed by atoms with Crippen LogP contribution < -0.4 is 0 Å². The Kier molecular flexibility index (Phi) is 5.67. The van der Waals surface area contributed by atoms with Crippen molar-refractivity contribution in [2.45, 2.75) is 58.0 Å². The van der Waals surface area contributed by atoms with E-state index in [9.17, 15) is 9.59 Å². The summed E-state index contributed by atoms with van der Waals surface area (Å²) in [6.07, 6.45) is 4.90. The fraction of sp³-hybridized carbons (Fsp3) is 0.818. The highest BCUT2D eigenvalue weighted by atomic mass is 17.2. The molecule has 0 aliphatic heterocycles. The van der Waals surface area contributed by atoms with Gasteiger partial charge in [0, 0.05) is 6.42 Å². The minimum absolute atomic E-state index is 0.0915. The molecule has 0 saturated heterocycles. The van der Waals surface area contributed by atoms with E-state index in [2.05, 4.69) is 9.78 Å². The molecule has 5 nitrogen and oxygen atoms in total. The summed E-state index contributed by atoms with van der Waals surface area (Å²) in [5.41, 5.74) is 0. The lowest BCUT2D eigenvalue weighted by molar-refractivity contribution is -0.246. The molecule has 16 heavy (non-hydrogen) atoms. The van der Waals surface area contributed by atoms with Gasteiger partial charge in [0.2, 0.25) is 0 Å². The SMILES string of the molecule is CCCC(=O)OOC(=O)OC1CCCCC1. The first-order valence-electron chi connectivity index (χ1n) is 5.80. The number of carbonyl (C=O) groups excluding carboxylic acids is 2. The van der Waals surface area contributed by atoms with E-state index in [1.165, 1.54) is 6.42 Å². The van der Waals surface area contributed by atoms with Crippen LogP contribution in [0.5, 0.6) is 0 Å². The second kappa shape index (κ2) is 7.09. The molecule has 0 N–H and O–H groups in total. The Morgan fingerprint density at radius 2 is 1.81 bits per heavy atom. The number of carbonyl (C=O) groups is 2. The van der Waals surface area contributed by atoms with Crippen molar-refractivity contribution in [2.24, 2.45) is 0 Å². The zero-order valence-electron chi connectivity index (χ0n) is 9.57. The van der Waals surface area contributed by atoms with Crippen LogP contribution in [-0.4, -0.2) is 18.2 Å². The Bertz CT molecular complexity index is 233. The van der Waals surface area contributed by atoms with Gasteiger partial charge in [-0.3, -0.25) is 0 Å². The summed E-state index contributed by atoms with van der Waals surface area (Å²) in [6.45, 7) is 1.83. The third kappa shape index (κ3) is 5.00. The molecule has 0 aromatic rings. The molecule has 0 spiro atoms. The first-order chi connectivity index (χ1) is 7.72. The summed E-state index contributed by atoms with van der Waals surface area (Å²) in [4.78, 5) is 30.5. The molecule has 1 rings (SSSR count). The van der Waals surface area contributed by atoms with Crippen LogP contribution in [0.2, 0.25) is 0 Å². The summed E-state index contributed by atoms with van der Waals surface area (Å²) in [6, 6.07) is 0. The van der Waals surface area contributed by atoms with Crippen LogP contribution in [0.4, 0.5) is 4.79 Å². The molecule has 1 saturated carbocycles. The van der Waals surface area contributed by atoms with Crippen LogP contribution in [-0.2, 0) is 19.3 Å². The number of rotatable bonds is 3. The molecule has 0 aromatic heterocycles. The van der Waals surface area contributed by atoms with Gasteiger partial charge in [0.25, 0.3) is 0 Å². The summed E-state index contributed by atoms with van der Waals surface area (Å²) in [7, 11) is 0. The van der Waals surface area contributed by atoms with Crippen molar-refractivity contribution in [1.82, 2.24) is 0 Å². The highest BCUT2D eigenvalue weighted by molar-refractivity contribution is 5.70. The lowest BCUT2D eigenvalue weighted by Gasteiger charge is -2.20. The van der Waals surface area contributed by atoms with Crippen molar-refractivity contribution in [3.05, 3.63) is 0 Å². The van der Waals surface area contributed by atoms with Gasteiger partial charge in [-0.05, 0) is 32.1 Å². The second-order valence-corrected chi connectivity index (χ2v) is 3.92. The lowest BCUT2D eigenvalue weighted by atomic mass is 9.98. The molecule has 0 unspecified atom stereocenters. The zero-order valence-corrected chi connectivity index (χ0v) is 9.57. The van der Waals surface area contributed by atoms with E-state index >= 15 is 0 Å². The minimum atomic E-state index is -0.920. The summed E-state index contributed by atoms with van der Waals surface area (Å²) < 4.78 is 4.98. The van der Waals surface area contributed by atoms with Gasteiger partial charge in [0.05, 0.1) is 0 Å². The Morgan fingerprint density at radius 1 is 1.12 bits per heavy atom. The topological polar surface area (TPSA) is 61.8 Å². The maximum absolute atomic E-state index is 11.1. The maximum Gasteiger partial charge on any atom is 0.550 e. The predicted molar refractivity (Wildman–Crippen MR) is 55.4 cm³/mol. The maximum atomic E-state index is 11.1. The fourth-order valence-electron chi connectivity index (χ4n) is 1.66. The molecule has 0 aromatic carbocycles. The Balaban J connectivity index is 2.12. The van der Waals surface area contributed by atoms with Crippen molar-refractivity contribution >= 4 is 12.1 Å². The van der Waals surface area contributed by atoms with Gasteiger partial charge >= 0.3 is 12.1 Å². The quantitative estimate of drug-likeness (QED) is 0.424. The number of hydrogen-bond donors (Lipinski definition) is 0. The van der Waals surface area contributed by atoms with Gasteiger partial charge in [-0.1, -0.05) is 13.3 Å². The molecule has 0 amide bonds. The smallest absolute Gasteiger partial charge is 0.428 e. The molecular weight excluding hydrogens is 212 g/mol. The third-order valence-corrected chi connectivity index (χ3v) is 2.47. The van der Waals surface area contributed by atoms with E-state index in [-0.39, 0.29) is 12.5 Å². The Labute approximate surface area is 95.0 Å². The molecule has 0 radical (unpaired) electrons. The molecule has 1 aliphatic carbocycles. The summed E-state index contributed by atoms with van der Waals surface area (Å²) in [5, 5.41) is 0. The van der Waals surface area contributed by atoms with Crippen LogP contribution in [0, 0.1) is 0 Å². The van der Waals surface area contributed by atoms with Gasteiger partial charge < -0.3 is 4.74 Å². The third-order valence-electron chi connectivity index (χ3n) is 2.47. The molecular formula is C11H18O5. The standard InChI is InChI=1S/C11H18O5/c1-2-6-10(12)15-16-11(13)14-9-7-4-3-5-8-9/h9H,2-8H2,1H3. The highest BCUT2D eigenvalue weighted by Gasteiger charge is 2.19. The number of hydrogen-bond acceptors (Lipinski definition) is 5. The van der Waals surface area contributed by atoms with Crippen LogP contribution in [0.3, 0.4) is 0 Å². The molecule has 5 heteroatoms. The van der Waals surface area contributed by atoms with Crippen molar-refractivity contribution in [3.8, 4) is 0 Å². The molecule has 0 atom stereocenters. The first-order valence-corrected chi connectivity index (χ1v) is 5.80. The van der Waals surface area contributed by atoms with Crippen molar-refractivity contribution in [1.29, 1.82) is 0 Å². The average Bonchev–Trinajstić information content (AvgIpc) is 2.28. The monoisotopic (exact) mass is 230 g/mol. The first kappa shape index (κ1) is 12.8. The lowest BCUT2D eigenvalue weighted by Crippen LogP contribution is -2.22. The summed E-state index contributed by atoms with van der Waals surface area (Å²) in [5.74, 6) is -0.553. The van der Waals surface area contributed by atoms with Crippen molar-refractivity contribution < 1.29 is 24.1 Å². The van der Waals surface area contributed by atoms with Gasteiger partial charge in [0.1, 0.15) is 6.10 Å². The van der Waals surface area contributed by atoms with E-state index in [1.807, 2.05) is 6.92 Å². The Morgan fingerprint density at radius 3 is 2.44 bits per heavy atom. The van der Waals surface area contributed by atoms with Crippen LogP contribution in [0.1, 0.15) is 51.9 Å². The zero-order chi connectivity index (χ0) is 11.8. The van der Waals surface area contributed by atoms with Crippen LogP contribution in [0.25, 0.3) is 0 Å². The van der Waals surface area contributed by atoms with Gasteiger partial charge in [-0.25, -0.2) is 14.6 Å². The van der Waals surface area contributed by atoms with E-state index in [0.29, 0.717) is 6.42 Å². The second-order valence-electron chi connectivity index (χ2n) is 3.92. The van der Waals surface area contributed by atoms with Crippen LogP contribution in [0.15, 0.2) is 0 Å². The van der Waals surface area contributed by atoms with Crippen molar-refractivity contribution in [3.63, 3.8) is 0 Å². The minimum Gasteiger partial charge on any atom is -0.428 e. The van der Waals surface area contributed by atoms with Crippen LogP contribution >= 0.6 is 0 Å². The Hall–Kier alpha value is -1.26. The fourth-order valence-corrected chi connectivity index (χ4v) is 1.66. The van der Waals surface area contributed by atoms with E-state index < -0.39 is 12.1 Å². The van der Waals surface area contributed by atoms with Crippen molar-refractivity contribution in [2.75, 3.05) is 0 Å². The molecule has 1 fully saturated rings. The summed E-state index contributed by atoms with van der Waals surface area (Å²) >= 11 is 0. The van der Waals surface area contributed by atoms with Gasteiger partial charge in [-0.2, -0.15) is 4.79 Å². The van der Waals surface area contributed by atoms with E-state index in [1.54, 1.807) is 0 Å². The molecule has 1 aliphatic rings. The highest BCUT2D eigenvalue weighted by Crippen LogP contribution is 2.20.